The van der Waals surface area contributed by atoms with Gasteiger partial charge in [0.25, 0.3) is 0 Å². The molecule has 4 heteroatoms. The van der Waals surface area contributed by atoms with Gasteiger partial charge < -0.3 is 13.6 Å². The maximum atomic E-state index is 6.43. The van der Waals surface area contributed by atoms with E-state index < -0.39 is 8.60 Å². The van der Waals surface area contributed by atoms with Crippen molar-refractivity contribution < 1.29 is 13.6 Å². The van der Waals surface area contributed by atoms with E-state index >= 15 is 0 Å². The zero-order chi connectivity index (χ0) is 27.3. The Morgan fingerprint density at radius 3 is 1.00 bits per heavy atom. The lowest BCUT2D eigenvalue weighted by atomic mass is 9.82. The highest BCUT2D eigenvalue weighted by Gasteiger charge is 2.25. The Bertz CT molecular complexity index is 1020. The molecule has 3 nitrogen and oxygen atoms in total. The summed E-state index contributed by atoms with van der Waals surface area (Å²) >= 11 is 0. The molecule has 0 aliphatic rings. The quantitative estimate of drug-likeness (QED) is 0.222. The Morgan fingerprint density at radius 1 is 0.486 bits per heavy atom. The lowest BCUT2D eigenvalue weighted by Crippen LogP contribution is -2.16. The fourth-order valence-electron chi connectivity index (χ4n) is 3.85. The molecule has 3 aromatic rings. The molecule has 0 aliphatic heterocycles. The van der Waals surface area contributed by atoms with Gasteiger partial charge in [-0.05, 0) is 88.6 Å². The van der Waals surface area contributed by atoms with Gasteiger partial charge in [-0.25, -0.2) is 0 Å². The minimum absolute atomic E-state index is 0.0595. The standard InChI is InChI=1S/C33H45O3P/c1-10-31(4,5)25-16-13-19-28(22-25)34-37(35-29-20-14-17-26(23-29)32(6,7)11-2)36-30-21-15-18-27(24-30)33(8,9)12-3/h13-24H,10-12H2,1-9H3. The van der Waals surface area contributed by atoms with E-state index in [0.717, 1.165) is 36.5 Å². The summed E-state index contributed by atoms with van der Waals surface area (Å²) in [7, 11) is -1.75. The van der Waals surface area contributed by atoms with Crippen LogP contribution in [0.2, 0.25) is 0 Å². The topological polar surface area (TPSA) is 27.7 Å². The highest BCUT2D eigenvalue weighted by atomic mass is 31.2. The summed E-state index contributed by atoms with van der Waals surface area (Å²) in [5.41, 5.74) is 3.89. The van der Waals surface area contributed by atoms with E-state index in [1.54, 1.807) is 0 Å². The third-order valence-electron chi connectivity index (χ3n) is 8.04. The first-order chi connectivity index (χ1) is 17.4. The fraction of sp³-hybridized carbons (Fsp3) is 0.455. The van der Waals surface area contributed by atoms with Crippen molar-refractivity contribution >= 4 is 8.60 Å². The monoisotopic (exact) mass is 520 g/mol. The minimum atomic E-state index is -1.75. The Balaban J connectivity index is 1.94. The fourth-order valence-corrected chi connectivity index (χ4v) is 4.82. The van der Waals surface area contributed by atoms with Gasteiger partial charge in [-0.15, -0.1) is 0 Å². The zero-order valence-electron chi connectivity index (χ0n) is 24.2. The van der Waals surface area contributed by atoms with Crippen molar-refractivity contribution in [2.45, 2.75) is 97.8 Å². The highest BCUT2D eigenvalue weighted by Crippen LogP contribution is 2.44. The first-order valence-electron chi connectivity index (χ1n) is 13.6. The maximum absolute atomic E-state index is 6.43. The van der Waals surface area contributed by atoms with Gasteiger partial charge in [-0.1, -0.05) is 98.7 Å². The highest BCUT2D eigenvalue weighted by molar-refractivity contribution is 7.43. The first kappa shape index (κ1) is 29.1. The van der Waals surface area contributed by atoms with E-state index in [9.17, 15) is 0 Å². The average molecular weight is 521 g/mol. The minimum Gasteiger partial charge on any atom is -0.408 e. The molecule has 0 fully saturated rings. The van der Waals surface area contributed by atoms with E-state index in [4.69, 9.17) is 13.6 Å². The first-order valence-corrected chi connectivity index (χ1v) is 14.7. The van der Waals surface area contributed by atoms with Crippen molar-refractivity contribution in [2.75, 3.05) is 0 Å². The van der Waals surface area contributed by atoms with Crippen molar-refractivity contribution in [3.05, 3.63) is 89.5 Å². The van der Waals surface area contributed by atoms with E-state index in [1.165, 1.54) is 16.7 Å². The molecule has 0 N–H and O–H groups in total. The summed E-state index contributed by atoms with van der Waals surface area (Å²) in [4.78, 5) is 0. The summed E-state index contributed by atoms with van der Waals surface area (Å²) in [6, 6.07) is 24.9. The van der Waals surface area contributed by atoms with Crippen molar-refractivity contribution in [3.63, 3.8) is 0 Å². The molecule has 3 rings (SSSR count). The molecule has 0 radical (unpaired) electrons. The summed E-state index contributed by atoms with van der Waals surface area (Å²) in [5.74, 6) is 2.25. The van der Waals surface area contributed by atoms with Gasteiger partial charge in [-0.3, -0.25) is 0 Å². The molecule has 0 amide bonds. The van der Waals surface area contributed by atoms with Crippen LogP contribution in [-0.2, 0) is 16.2 Å². The second-order valence-corrected chi connectivity index (χ2v) is 12.8. The molecule has 0 saturated carbocycles. The molecule has 0 heterocycles. The van der Waals surface area contributed by atoms with Gasteiger partial charge in [0.15, 0.2) is 0 Å². The molecule has 0 aliphatic carbocycles. The molecule has 0 spiro atoms. The van der Waals surface area contributed by atoms with Gasteiger partial charge in [-0.2, -0.15) is 0 Å². The summed E-state index contributed by atoms with van der Waals surface area (Å²) in [6.45, 7) is 20.2. The molecule has 3 aromatic carbocycles. The van der Waals surface area contributed by atoms with Gasteiger partial charge in [0, 0.05) is 0 Å². The predicted molar refractivity (Wildman–Crippen MR) is 158 cm³/mol. The number of hydrogen-bond acceptors (Lipinski definition) is 3. The van der Waals surface area contributed by atoms with Gasteiger partial charge >= 0.3 is 8.60 Å². The van der Waals surface area contributed by atoms with E-state index in [0.29, 0.717) is 0 Å². The molecule has 0 atom stereocenters. The molecule has 200 valence electrons. The lowest BCUT2D eigenvalue weighted by Gasteiger charge is -2.26. The molecule has 0 aromatic heterocycles. The SMILES string of the molecule is CCC(C)(C)c1cccc(OP(Oc2cccc(C(C)(C)CC)c2)Oc2cccc(C(C)(C)CC)c2)c1. The molecular weight excluding hydrogens is 475 g/mol. The summed E-state index contributed by atoms with van der Waals surface area (Å²) in [6.07, 6.45) is 3.12. The molecular formula is C33H45O3P. The summed E-state index contributed by atoms with van der Waals surface area (Å²) in [5, 5.41) is 0. The number of benzene rings is 3. The largest absolute Gasteiger partial charge is 0.530 e. The lowest BCUT2D eigenvalue weighted by molar-refractivity contribution is 0.385. The third kappa shape index (κ3) is 7.51. The van der Waals surface area contributed by atoms with Gasteiger partial charge in [0.2, 0.25) is 0 Å². The van der Waals surface area contributed by atoms with Gasteiger partial charge in [0.1, 0.15) is 17.2 Å². The Labute approximate surface area is 226 Å². The maximum Gasteiger partial charge on any atom is 0.530 e. The normalized spacial score (nSPS) is 12.5. The number of rotatable bonds is 12. The van der Waals surface area contributed by atoms with Crippen LogP contribution in [0.25, 0.3) is 0 Å². The van der Waals surface area contributed by atoms with Crippen molar-refractivity contribution in [1.29, 1.82) is 0 Å². The number of hydrogen-bond donors (Lipinski definition) is 0. The predicted octanol–water partition coefficient (Wildman–Crippen LogP) is 10.5. The average Bonchev–Trinajstić information content (AvgIpc) is 2.89. The smallest absolute Gasteiger partial charge is 0.408 e. The molecule has 37 heavy (non-hydrogen) atoms. The van der Waals surface area contributed by atoms with Crippen LogP contribution in [0.3, 0.4) is 0 Å². The third-order valence-corrected chi connectivity index (χ3v) is 9.12. The van der Waals surface area contributed by atoms with Crippen LogP contribution in [0, 0.1) is 0 Å². The molecule has 0 unspecified atom stereocenters. The van der Waals surface area contributed by atoms with Crippen molar-refractivity contribution in [3.8, 4) is 17.2 Å². The van der Waals surface area contributed by atoms with Gasteiger partial charge in [0.05, 0.1) is 0 Å². The van der Waals surface area contributed by atoms with Crippen LogP contribution < -0.4 is 13.6 Å². The summed E-state index contributed by atoms with van der Waals surface area (Å²) < 4.78 is 19.3. The van der Waals surface area contributed by atoms with Crippen LogP contribution in [0.1, 0.15) is 98.3 Å². The zero-order valence-corrected chi connectivity index (χ0v) is 25.1. The Kier molecular flexibility index (Phi) is 9.35. The van der Waals surface area contributed by atoms with Crippen LogP contribution in [0.4, 0.5) is 0 Å². The van der Waals surface area contributed by atoms with Crippen molar-refractivity contribution in [2.24, 2.45) is 0 Å². The van der Waals surface area contributed by atoms with E-state index in [-0.39, 0.29) is 16.2 Å². The van der Waals surface area contributed by atoms with Crippen LogP contribution in [0.15, 0.2) is 72.8 Å². The second-order valence-electron chi connectivity index (χ2n) is 11.8. The second kappa shape index (κ2) is 11.9. The molecule has 0 bridgehead atoms. The molecule has 0 saturated heterocycles. The van der Waals surface area contributed by atoms with E-state index in [2.05, 4.69) is 98.7 Å². The Morgan fingerprint density at radius 2 is 0.757 bits per heavy atom. The van der Waals surface area contributed by atoms with Crippen LogP contribution in [0.5, 0.6) is 17.2 Å². The van der Waals surface area contributed by atoms with Crippen molar-refractivity contribution in [1.82, 2.24) is 0 Å². The van der Waals surface area contributed by atoms with E-state index in [1.807, 2.05) is 36.4 Å². The Hall–Kier alpha value is -2.51. The van der Waals surface area contributed by atoms with Crippen LogP contribution in [-0.4, -0.2) is 0 Å². The van der Waals surface area contributed by atoms with Crippen LogP contribution >= 0.6 is 8.60 Å².